The molecule has 1 heterocycles. The van der Waals surface area contributed by atoms with Gasteiger partial charge in [-0.1, -0.05) is 23.7 Å². The molecule has 4 nitrogen and oxygen atoms in total. The molecule has 8 heteroatoms. The first-order valence-corrected chi connectivity index (χ1v) is 8.05. The molecule has 22 heavy (non-hydrogen) atoms. The van der Waals surface area contributed by atoms with E-state index in [-0.39, 0.29) is 16.2 Å². The molecular formula is C14H10ClF2NO3S. The van der Waals surface area contributed by atoms with Crippen LogP contribution in [0.4, 0.5) is 8.78 Å². The summed E-state index contributed by atoms with van der Waals surface area (Å²) >= 11 is 6.27. The number of hydrogen-bond donors (Lipinski definition) is 1. The lowest BCUT2D eigenvalue weighted by Gasteiger charge is -2.24. The molecule has 0 saturated heterocycles. The minimum Gasteiger partial charge on any atom is -0.453 e. The lowest BCUT2D eigenvalue weighted by Crippen LogP contribution is -2.39. The van der Waals surface area contributed by atoms with E-state index in [1.165, 1.54) is 6.07 Å². The van der Waals surface area contributed by atoms with Crippen LogP contribution in [0.25, 0.3) is 0 Å². The van der Waals surface area contributed by atoms with Crippen LogP contribution in [0.5, 0.6) is 5.75 Å². The fraction of sp³-hybridized carbons (Fsp3) is 0.143. The van der Waals surface area contributed by atoms with Gasteiger partial charge in [-0.15, -0.1) is 0 Å². The van der Waals surface area contributed by atoms with E-state index in [0.29, 0.717) is 11.6 Å². The normalized spacial score (nSPS) is 22.4. The summed E-state index contributed by atoms with van der Waals surface area (Å²) < 4.78 is 58.3. The number of rotatable bonds is 2. The molecule has 0 bridgehead atoms. The summed E-state index contributed by atoms with van der Waals surface area (Å²) in [5, 5.41) is -1.96. The van der Waals surface area contributed by atoms with Crippen LogP contribution in [0.1, 0.15) is 11.1 Å². The smallest absolute Gasteiger partial charge is 0.279 e. The highest BCUT2D eigenvalue weighted by Gasteiger charge is 2.48. The zero-order valence-electron chi connectivity index (χ0n) is 11.2. The van der Waals surface area contributed by atoms with Crippen molar-refractivity contribution in [3.63, 3.8) is 0 Å². The van der Waals surface area contributed by atoms with Gasteiger partial charge in [0.15, 0.2) is 0 Å². The van der Waals surface area contributed by atoms with E-state index in [1.54, 1.807) is 19.1 Å². The van der Waals surface area contributed by atoms with Crippen molar-refractivity contribution in [3.8, 4) is 5.75 Å². The van der Waals surface area contributed by atoms with Crippen LogP contribution in [0, 0.1) is 18.6 Å². The molecule has 0 aliphatic carbocycles. The number of benzene rings is 2. The van der Waals surface area contributed by atoms with E-state index in [9.17, 15) is 17.2 Å². The molecule has 1 atom stereocenters. The SMILES string of the molecule is Cc1cccc2c1C(Cl)(Oc1cc(F)cc(F)c1)NS2(=O)=O. The summed E-state index contributed by atoms with van der Waals surface area (Å²) in [6, 6.07) is 7.11. The summed E-state index contributed by atoms with van der Waals surface area (Å²) in [6.07, 6.45) is 0. The van der Waals surface area contributed by atoms with E-state index >= 15 is 0 Å². The molecule has 0 radical (unpaired) electrons. The Balaban J connectivity index is 2.12. The van der Waals surface area contributed by atoms with Crippen LogP contribution < -0.4 is 9.46 Å². The molecule has 0 spiro atoms. The van der Waals surface area contributed by atoms with Crippen molar-refractivity contribution >= 4 is 21.6 Å². The first-order chi connectivity index (χ1) is 10.2. The summed E-state index contributed by atoms with van der Waals surface area (Å²) in [5.74, 6) is -1.95. The van der Waals surface area contributed by atoms with Crippen LogP contribution >= 0.6 is 11.6 Å². The van der Waals surface area contributed by atoms with Gasteiger partial charge < -0.3 is 4.74 Å². The average Bonchev–Trinajstić information content (AvgIpc) is 2.55. The molecule has 0 aromatic heterocycles. The molecular weight excluding hydrogens is 336 g/mol. The number of aryl methyl sites for hydroxylation is 1. The third kappa shape index (κ3) is 2.45. The van der Waals surface area contributed by atoms with Gasteiger partial charge >= 0.3 is 0 Å². The summed E-state index contributed by atoms with van der Waals surface area (Å²) in [5.41, 5.74) is 0.763. The number of fused-ring (bicyclic) bond motifs is 1. The van der Waals surface area contributed by atoms with Crippen molar-refractivity contribution < 1.29 is 21.9 Å². The Morgan fingerprint density at radius 3 is 2.45 bits per heavy atom. The Kier molecular flexibility index (Phi) is 3.39. The highest BCUT2D eigenvalue weighted by molar-refractivity contribution is 7.90. The first kappa shape index (κ1) is 15.2. The lowest BCUT2D eigenvalue weighted by molar-refractivity contribution is 0.148. The number of ether oxygens (including phenoxy) is 1. The van der Waals surface area contributed by atoms with E-state index < -0.39 is 26.8 Å². The molecule has 1 unspecified atom stereocenters. The standard InChI is InChI=1S/C14H10ClF2NO3S/c1-8-3-2-4-12-13(8)14(15,18-22(12,19)20)21-11-6-9(16)5-10(17)7-11/h2-7,18H,1H3. The van der Waals surface area contributed by atoms with Gasteiger partial charge in [-0.05, 0) is 18.6 Å². The van der Waals surface area contributed by atoms with Crippen LogP contribution in [0.15, 0.2) is 41.3 Å². The Labute approximate surface area is 130 Å². The van der Waals surface area contributed by atoms with Crippen molar-refractivity contribution in [1.29, 1.82) is 0 Å². The van der Waals surface area contributed by atoms with Crippen LogP contribution in [0.3, 0.4) is 0 Å². The maximum Gasteiger partial charge on any atom is 0.279 e. The fourth-order valence-corrected chi connectivity index (χ4v) is 4.51. The minimum absolute atomic E-state index is 0.0284. The molecule has 1 aliphatic heterocycles. The predicted molar refractivity (Wildman–Crippen MR) is 76.0 cm³/mol. The van der Waals surface area contributed by atoms with Crippen molar-refractivity contribution in [2.24, 2.45) is 0 Å². The number of halogens is 3. The highest BCUT2D eigenvalue weighted by Crippen LogP contribution is 2.42. The monoisotopic (exact) mass is 345 g/mol. The van der Waals surface area contributed by atoms with E-state index in [1.807, 2.05) is 0 Å². The molecule has 0 saturated carbocycles. The molecule has 3 rings (SSSR count). The van der Waals surface area contributed by atoms with Gasteiger partial charge in [0.1, 0.15) is 17.4 Å². The van der Waals surface area contributed by atoms with Crippen molar-refractivity contribution in [3.05, 3.63) is 59.2 Å². The van der Waals surface area contributed by atoms with Crippen LogP contribution in [-0.4, -0.2) is 8.42 Å². The van der Waals surface area contributed by atoms with E-state index in [4.69, 9.17) is 16.3 Å². The number of hydrogen-bond acceptors (Lipinski definition) is 3. The molecule has 0 amide bonds. The Morgan fingerprint density at radius 2 is 1.82 bits per heavy atom. The summed E-state index contributed by atoms with van der Waals surface area (Å²) in [6.45, 7) is 1.66. The Hall–Kier alpha value is -1.70. The molecule has 2 aromatic rings. The topological polar surface area (TPSA) is 55.4 Å². The van der Waals surface area contributed by atoms with Gasteiger partial charge in [0.05, 0.1) is 10.5 Å². The highest BCUT2D eigenvalue weighted by atomic mass is 35.5. The maximum atomic E-state index is 13.3. The third-order valence-electron chi connectivity index (χ3n) is 3.21. The largest absolute Gasteiger partial charge is 0.453 e. The lowest BCUT2D eigenvalue weighted by atomic mass is 10.1. The Morgan fingerprint density at radius 1 is 1.18 bits per heavy atom. The summed E-state index contributed by atoms with van der Waals surface area (Å²) in [4.78, 5) is -0.0284. The second-order valence-electron chi connectivity index (χ2n) is 4.86. The minimum atomic E-state index is -3.87. The molecule has 1 aliphatic rings. The van der Waals surface area contributed by atoms with Crippen LogP contribution in [0.2, 0.25) is 0 Å². The summed E-state index contributed by atoms with van der Waals surface area (Å²) in [7, 11) is -3.87. The van der Waals surface area contributed by atoms with E-state index in [2.05, 4.69) is 4.72 Å². The van der Waals surface area contributed by atoms with Gasteiger partial charge in [0, 0.05) is 18.2 Å². The predicted octanol–water partition coefficient (Wildman–Crippen LogP) is 2.99. The average molecular weight is 346 g/mol. The van der Waals surface area contributed by atoms with Crippen LogP contribution in [-0.2, 0) is 15.2 Å². The number of sulfonamides is 1. The van der Waals surface area contributed by atoms with Crippen molar-refractivity contribution in [2.75, 3.05) is 0 Å². The zero-order valence-corrected chi connectivity index (χ0v) is 12.8. The van der Waals surface area contributed by atoms with Gasteiger partial charge in [0.2, 0.25) is 10.0 Å². The third-order valence-corrected chi connectivity index (χ3v) is 5.15. The second-order valence-corrected chi connectivity index (χ2v) is 7.04. The van der Waals surface area contributed by atoms with Gasteiger partial charge in [-0.25, -0.2) is 17.2 Å². The van der Waals surface area contributed by atoms with Gasteiger partial charge in [-0.2, -0.15) is 4.72 Å². The fourth-order valence-electron chi connectivity index (χ4n) is 2.38. The van der Waals surface area contributed by atoms with E-state index in [0.717, 1.165) is 12.1 Å². The Bertz CT molecular complexity index is 852. The van der Waals surface area contributed by atoms with Crippen molar-refractivity contribution in [2.45, 2.75) is 17.0 Å². The first-order valence-electron chi connectivity index (χ1n) is 6.19. The molecule has 1 N–H and O–H groups in total. The van der Waals surface area contributed by atoms with Gasteiger partial charge in [-0.3, -0.25) is 0 Å². The molecule has 116 valence electrons. The number of nitrogens with one attached hydrogen (secondary N) is 1. The second kappa shape index (κ2) is 4.91. The zero-order chi connectivity index (χ0) is 16.1. The molecule has 2 aromatic carbocycles. The van der Waals surface area contributed by atoms with Gasteiger partial charge in [0.25, 0.3) is 5.18 Å². The molecule has 0 fully saturated rings. The van der Waals surface area contributed by atoms with Crippen molar-refractivity contribution in [1.82, 2.24) is 4.72 Å². The quantitative estimate of drug-likeness (QED) is 0.672. The number of alkyl halides is 1. The maximum absolute atomic E-state index is 13.3.